The van der Waals surface area contributed by atoms with Crippen molar-refractivity contribution in [3.63, 3.8) is 0 Å². The van der Waals surface area contributed by atoms with Crippen molar-refractivity contribution in [2.75, 3.05) is 18.4 Å². The van der Waals surface area contributed by atoms with Crippen LogP contribution in [0.5, 0.6) is 0 Å². The van der Waals surface area contributed by atoms with Crippen LogP contribution in [0.15, 0.2) is 30.3 Å². The lowest BCUT2D eigenvalue weighted by molar-refractivity contribution is -0.134. The number of nitrogens with one attached hydrogen (secondary N) is 1. The van der Waals surface area contributed by atoms with Crippen molar-refractivity contribution in [3.8, 4) is 0 Å². The molecule has 0 radical (unpaired) electrons. The van der Waals surface area contributed by atoms with Crippen molar-refractivity contribution in [1.82, 2.24) is 4.90 Å². The van der Waals surface area contributed by atoms with Gasteiger partial charge in [0.25, 0.3) is 0 Å². The van der Waals surface area contributed by atoms with Crippen LogP contribution in [0, 0.1) is 11.3 Å². The van der Waals surface area contributed by atoms with E-state index in [-0.39, 0.29) is 29.6 Å². The van der Waals surface area contributed by atoms with E-state index in [1.165, 1.54) is 0 Å². The highest BCUT2D eigenvalue weighted by Crippen LogP contribution is 2.38. The van der Waals surface area contributed by atoms with Crippen LogP contribution in [0.4, 0.5) is 5.69 Å². The number of hydrogen-bond donors (Lipinski definition) is 1. The van der Waals surface area contributed by atoms with Crippen LogP contribution >= 0.6 is 0 Å². The fourth-order valence-corrected chi connectivity index (χ4v) is 3.06. The topological polar surface area (TPSA) is 49.4 Å². The number of rotatable bonds is 6. The van der Waals surface area contributed by atoms with Crippen LogP contribution in [-0.2, 0) is 9.59 Å². The molecule has 1 saturated heterocycles. The van der Waals surface area contributed by atoms with Gasteiger partial charge in [0, 0.05) is 25.2 Å². The van der Waals surface area contributed by atoms with Crippen LogP contribution in [-0.4, -0.2) is 29.8 Å². The Bertz CT molecular complexity index is 525. The first-order chi connectivity index (χ1) is 10.4. The van der Waals surface area contributed by atoms with Crippen LogP contribution in [0.1, 0.15) is 40.0 Å². The summed E-state index contributed by atoms with van der Waals surface area (Å²) in [6.45, 7) is 7.83. The number of anilines is 1. The second kappa shape index (κ2) is 6.95. The highest BCUT2D eigenvalue weighted by atomic mass is 16.2. The number of hydrogen-bond acceptors (Lipinski definition) is 2. The Labute approximate surface area is 132 Å². The number of carbonyl (C=O) groups is 2. The Balaban J connectivity index is 1.98. The molecule has 120 valence electrons. The Morgan fingerprint density at radius 3 is 2.64 bits per heavy atom. The van der Waals surface area contributed by atoms with E-state index >= 15 is 0 Å². The molecular formula is C18H26N2O2. The highest BCUT2D eigenvalue weighted by Gasteiger charge is 2.46. The summed E-state index contributed by atoms with van der Waals surface area (Å²) in [4.78, 5) is 26.7. The maximum absolute atomic E-state index is 12.6. The van der Waals surface area contributed by atoms with Gasteiger partial charge in [-0.25, -0.2) is 0 Å². The molecule has 0 spiro atoms. The van der Waals surface area contributed by atoms with Crippen molar-refractivity contribution in [1.29, 1.82) is 0 Å². The maximum Gasteiger partial charge on any atom is 0.226 e. The minimum atomic E-state index is -0.229. The third-order valence-corrected chi connectivity index (χ3v) is 4.38. The summed E-state index contributed by atoms with van der Waals surface area (Å²) in [5.41, 5.74) is 0.623. The maximum atomic E-state index is 12.6. The SMILES string of the molecule is CCCCN1CC(C)(C)[C@H](CC(=O)Nc2ccccc2)C1=O. The van der Waals surface area contributed by atoms with Crippen molar-refractivity contribution in [3.05, 3.63) is 30.3 Å². The lowest BCUT2D eigenvalue weighted by atomic mass is 9.79. The van der Waals surface area contributed by atoms with Crippen molar-refractivity contribution in [2.24, 2.45) is 11.3 Å². The molecule has 1 fully saturated rings. The van der Waals surface area contributed by atoms with Gasteiger partial charge in [0.15, 0.2) is 0 Å². The first kappa shape index (κ1) is 16.5. The zero-order chi connectivity index (χ0) is 16.2. The minimum absolute atomic E-state index is 0.0880. The predicted molar refractivity (Wildman–Crippen MR) is 88.4 cm³/mol. The zero-order valence-corrected chi connectivity index (χ0v) is 13.8. The van der Waals surface area contributed by atoms with E-state index in [4.69, 9.17) is 0 Å². The molecule has 2 amide bonds. The molecule has 0 bridgehead atoms. The summed E-state index contributed by atoms with van der Waals surface area (Å²) >= 11 is 0. The molecule has 1 aliphatic heterocycles. The first-order valence-electron chi connectivity index (χ1n) is 8.07. The predicted octanol–water partition coefficient (Wildman–Crippen LogP) is 3.30. The van der Waals surface area contributed by atoms with Gasteiger partial charge in [-0.1, -0.05) is 45.4 Å². The number of likely N-dealkylation sites (tertiary alicyclic amines) is 1. The van der Waals surface area contributed by atoms with Crippen molar-refractivity contribution in [2.45, 2.75) is 40.0 Å². The van der Waals surface area contributed by atoms with Gasteiger partial charge in [-0.05, 0) is 24.0 Å². The molecule has 1 heterocycles. The summed E-state index contributed by atoms with van der Waals surface area (Å²) in [5.74, 6) is -0.190. The van der Waals surface area contributed by atoms with Crippen LogP contribution in [0.25, 0.3) is 0 Å². The molecule has 1 atom stereocenters. The van der Waals surface area contributed by atoms with E-state index in [1.807, 2.05) is 35.2 Å². The Morgan fingerprint density at radius 1 is 1.32 bits per heavy atom. The highest BCUT2D eigenvalue weighted by molar-refractivity contribution is 5.95. The molecule has 1 aromatic carbocycles. The fraction of sp³-hybridized carbons (Fsp3) is 0.556. The smallest absolute Gasteiger partial charge is 0.226 e. The van der Waals surface area contributed by atoms with E-state index in [1.54, 1.807) is 0 Å². The minimum Gasteiger partial charge on any atom is -0.342 e. The van der Waals surface area contributed by atoms with Crippen LogP contribution in [0.2, 0.25) is 0 Å². The second-order valence-corrected chi connectivity index (χ2v) is 6.77. The monoisotopic (exact) mass is 302 g/mol. The summed E-state index contributed by atoms with van der Waals surface area (Å²) < 4.78 is 0. The molecule has 1 N–H and O–H groups in total. The number of benzene rings is 1. The lowest BCUT2D eigenvalue weighted by Crippen LogP contribution is -2.30. The van der Waals surface area contributed by atoms with Gasteiger partial charge in [0.05, 0.1) is 5.92 Å². The van der Waals surface area contributed by atoms with E-state index in [2.05, 4.69) is 26.1 Å². The molecule has 22 heavy (non-hydrogen) atoms. The summed E-state index contributed by atoms with van der Waals surface area (Å²) in [7, 11) is 0. The molecule has 1 aliphatic rings. The normalized spacial score (nSPS) is 20.2. The largest absolute Gasteiger partial charge is 0.342 e. The van der Waals surface area contributed by atoms with Gasteiger partial charge < -0.3 is 10.2 Å². The van der Waals surface area contributed by atoms with E-state index < -0.39 is 0 Å². The van der Waals surface area contributed by atoms with E-state index in [0.717, 1.165) is 31.6 Å². The quantitative estimate of drug-likeness (QED) is 0.876. The van der Waals surface area contributed by atoms with Crippen LogP contribution in [0.3, 0.4) is 0 Å². The third-order valence-electron chi connectivity index (χ3n) is 4.38. The molecule has 2 rings (SSSR count). The molecule has 4 heteroatoms. The Kier molecular flexibility index (Phi) is 5.22. The average Bonchev–Trinajstić information content (AvgIpc) is 2.69. The van der Waals surface area contributed by atoms with Gasteiger partial charge in [0.1, 0.15) is 0 Å². The number of unbranched alkanes of at least 4 members (excludes halogenated alkanes) is 1. The Hall–Kier alpha value is -1.84. The van der Waals surface area contributed by atoms with Gasteiger partial charge in [-0.15, -0.1) is 0 Å². The molecule has 0 aromatic heterocycles. The molecule has 0 unspecified atom stereocenters. The van der Waals surface area contributed by atoms with Gasteiger partial charge in [-0.3, -0.25) is 9.59 Å². The second-order valence-electron chi connectivity index (χ2n) is 6.77. The first-order valence-corrected chi connectivity index (χ1v) is 8.07. The van der Waals surface area contributed by atoms with E-state index in [9.17, 15) is 9.59 Å². The van der Waals surface area contributed by atoms with E-state index in [0.29, 0.717) is 0 Å². The number of amides is 2. The molecule has 0 saturated carbocycles. The summed E-state index contributed by atoms with van der Waals surface area (Å²) in [6, 6.07) is 9.38. The van der Waals surface area contributed by atoms with Gasteiger partial charge in [0.2, 0.25) is 11.8 Å². The fourth-order valence-electron chi connectivity index (χ4n) is 3.06. The third kappa shape index (κ3) is 3.87. The summed E-state index contributed by atoms with van der Waals surface area (Å²) in [6.07, 6.45) is 2.34. The number of para-hydroxylation sites is 1. The Morgan fingerprint density at radius 2 is 2.00 bits per heavy atom. The standard InChI is InChI=1S/C18H26N2O2/c1-4-5-11-20-13-18(2,3)15(17(20)22)12-16(21)19-14-9-7-6-8-10-14/h6-10,15H,4-5,11-13H2,1-3H3,(H,19,21)/t15-/m1/s1. The number of nitrogens with zero attached hydrogens (tertiary/aromatic N) is 1. The van der Waals surface area contributed by atoms with Crippen molar-refractivity contribution >= 4 is 17.5 Å². The molecule has 1 aromatic rings. The average molecular weight is 302 g/mol. The zero-order valence-electron chi connectivity index (χ0n) is 13.8. The molecule has 0 aliphatic carbocycles. The van der Waals surface area contributed by atoms with Crippen molar-refractivity contribution < 1.29 is 9.59 Å². The molecule has 4 nitrogen and oxygen atoms in total. The number of carbonyl (C=O) groups excluding carboxylic acids is 2. The lowest BCUT2D eigenvalue weighted by Gasteiger charge is -2.23. The summed E-state index contributed by atoms with van der Waals surface area (Å²) in [5, 5.41) is 2.88. The van der Waals surface area contributed by atoms with Gasteiger partial charge >= 0.3 is 0 Å². The molecular weight excluding hydrogens is 276 g/mol. The van der Waals surface area contributed by atoms with Gasteiger partial charge in [-0.2, -0.15) is 0 Å². The van der Waals surface area contributed by atoms with Crippen LogP contribution < -0.4 is 5.32 Å².